The molecule has 1 atom stereocenters. The summed E-state index contributed by atoms with van der Waals surface area (Å²) < 4.78 is 5.44. The lowest BCUT2D eigenvalue weighted by Crippen LogP contribution is -2.56. The van der Waals surface area contributed by atoms with Crippen molar-refractivity contribution >= 4 is 23.1 Å². The van der Waals surface area contributed by atoms with Crippen LogP contribution in [0.25, 0.3) is 0 Å². The number of carbonyl (C=O) groups excluding carboxylic acids is 1. The van der Waals surface area contributed by atoms with E-state index in [0.717, 1.165) is 32.3 Å². The van der Waals surface area contributed by atoms with Crippen LogP contribution in [0.4, 0.5) is 0 Å². The molecule has 5 heteroatoms. The van der Waals surface area contributed by atoms with Crippen molar-refractivity contribution < 1.29 is 9.53 Å². The van der Waals surface area contributed by atoms with Crippen molar-refractivity contribution in [1.29, 1.82) is 0 Å². The normalized spacial score (nSPS) is 20.2. The van der Waals surface area contributed by atoms with Crippen molar-refractivity contribution in [2.45, 2.75) is 57.6 Å². The van der Waals surface area contributed by atoms with Gasteiger partial charge >= 0.3 is 0 Å². The van der Waals surface area contributed by atoms with Crippen molar-refractivity contribution in [3.8, 4) is 0 Å². The van der Waals surface area contributed by atoms with Crippen LogP contribution in [0.1, 0.15) is 46.0 Å². The van der Waals surface area contributed by atoms with Gasteiger partial charge in [-0.2, -0.15) is 0 Å². The van der Waals surface area contributed by atoms with Gasteiger partial charge in [0.15, 0.2) is 0 Å². The number of rotatable bonds is 6. The minimum absolute atomic E-state index is 0.0200. The Bertz CT molecular complexity index is 284. The average Bonchev–Trinajstić information content (AvgIpc) is 2.78. The van der Waals surface area contributed by atoms with Crippen molar-refractivity contribution in [2.24, 2.45) is 5.73 Å². The summed E-state index contributed by atoms with van der Waals surface area (Å²) in [6.45, 7) is 4.73. The Morgan fingerprint density at radius 2 is 2.18 bits per heavy atom. The van der Waals surface area contributed by atoms with E-state index in [1.165, 1.54) is 0 Å². The number of ether oxygens (including phenoxy) is 1. The van der Waals surface area contributed by atoms with Crippen LogP contribution in [-0.2, 0) is 9.53 Å². The van der Waals surface area contributed by atoms with Crippen LogP contribution in [0.3, 0.4) is 0 Å². The van der Waals surface area contributed by atoms with Gasteiger partial charge in [0.05, 0.1) is 23.1 Å². The van der Waals surface area contributed by atoms with Crippen LogP contribution in [0.15, 0.2) is 0 Å². The molecule has 1 aliphatic heterocycles. The second-order valence-electron chi connectivity index (χ2n) is 4.54. The first kappa shape index (κ1) is 14.4. The van der Waals surface area contributed by atoms with Gasteiger partial charge in [-0.1, -0.05) is 26.1 Å². The van der Waals surface area contributed by atoms with Crippen molar-refractivity contribution in [2.75, 3.05) is 6.61 Å². The maximum atomic E-state index is 11.9. The number of nitrogens with two attached hydrogens (primary N) is 1. The van der Waals surface area contributed by atoms with E-state index in [-0.39, 0.29) is 12.0 Å². The van der Waals surface area contributed by atoms with Gasteiger partial charge in [0, 0.05) is 6.61 Å². The third-order valence-electron chi connectivity index (χ3n) is 3.49. The van der Waals surface area contributed by atoms with Crippen LogP contribution in [-0.4, -0.2) is 29.1 Å². The zero-order chi connectivity index (χ0) is 12.9. The largest absolute Gasteiger partial charge is 0.391 e. The lowest BCUT2D eigenvalue weighted by molar-refractivity contribution is -0.124. The summed E-state index contributed by atoms with van der Waals surface area (Å²) >= 11 is 5.06. The van der Waals surface area contributed by atoms with Crippen molar-refractivity contribution in [3.05, 3.63) is 0 Å². The lowest BCUT2D eigenvalue weighted by atomic mass is 9.92. The second-order valence-corrected chi connectivity index (χ2v) is 4.98. The molecule has 1 amide bonds. The summed E-state index contributed by atoms with van der Waals surface area (Å²) in [6.07, 6.45) is 3.91. The minimum Gasteiger partial charge on any atom is -0.391 e. The van der Waals surface area contributed by atoms with E-state index in [2.05, 4.69) is 5.32 Å². The number of amides is 1. The van der Waals surface area contributed by atoms with Gasteiger partial charge in [-0.15, -0.1) is 0 Å². The molecule has 4 nitrogen and oxygen atoms in total. The number of hydrogen-bond donors (Lipinski definition) is 2. The maximum absolute atomic E-state index is 11.9. The van der Waals surface area contributed by atoms with E-state index < -0.39 is 5.54 Å². The molecule has 1 rings (SSSR count). The first-order chi connectivity index (χ1) is 8.04. The molecule has 98 valence electrons. The fourth-order valence-electron chi connectivity index (χ4n) is 2.17. The van der Waals surface area contributed by atoms with E-state index in [9.17, 15) is 4.79 Å². The molecule has 0 aromatic heterocycles. The molecule has 0 radical (unpaired) electrons. The number of nitrogens with one attached hydrogen (secondary N) is 1. The maximum Gasteiger partial charge on any atom is 0.223 e. The highest BCUT2D eigenvalue weighted by Crippen LogP contribution is 2.19. The standard InChI is InChI=1S/C12H22N2O2S/c1-3-12(4-2,11(13)17)14-10(15)8-9-6-5-7-16-9/h9H,3-8H2,1-2H3,(H2,13,17)(H,14,15). The molecule has 3 N–H and O–H groups in total. The van der Waals surface area contributed by atoms with Crippen LogP contribution in [0.2, 0.25) is 0 Å². The summed E-state index contributed by atoms with van der Waals surface area (Å²) in [6, 6.07) is 0. The molecule has 0 aromatic carbocycles. The Kier molecular flexibility index (Phi) is 5.33. The molecule has 1 unspecified atom stereocenters. The van der Waals surface area contributed by atoms with E-state index in [4.69, 9.17) is 22.7 Å². The summed E-state index contributed by atoms with van der Waals surface area (Å²) in [5.74, 6) is -0.0200. The Labute approximate surface area is 108 Å². The third-order valence-corrected chi connectivity index (χ3v) is 3.89. The highest BCUT2D eigenvalue weighted by Gasteiger charge is 2.32. The average molecular weight is 258 g/mol. The molecule has 0 aliphatic carbocycles. The van der Waals surface area contributed by atoms with Crippen LogP contribution in [0, 0.1) is 0 Å². The Balaban J connectivity index is 2.54. The highest BCUT2D eigenvalue weighted by molar-refractivity contribution is 7.80. The summed E-state index contributed by atoms with van der Waals surface area (Å²) in [5.41, 5.74) is 5.20. The number of hydrogen-bond acceptors (Lipinski definition) is 3. The highest BCUT2D eigenvalue weighted by atomic mass is 32.1. The Morgan fingerprint density at radius 1 is 1.53 bits per heavy atom. The Morgan fingerprint density at radius 3 is 2.59 bits per heavy atom. The SMILES string of the molecule is CCC(CC)(NC(=O)CC1CCCO1)C(N)=S. The van der Waals surface area contributed by atoms with E-state index in [1.54, 1.807) is 0 Å². The summed E-state index contributed by atoms with van der Waals surface area (Å²) in [4.78, 5) is 12.3. The van der Waals surface area contributed by atoms with Crippen LogP contribution >= 0.6 is 12.2 Å². The van der Waals surface area contributed by atoms with Gasteiger partial charge in [0.1, 0.15) is 0 Å². The number of thiocarbonyl (C=S) groups is 1. The Hall–Kier alpha value is -0.680. The van der Waals surface area contributed by atoms with Crippen molar-refractivity contribution in [1.82, 2.24) is 5.32 Å². The predicted octanol–water partition coefficient (Wildman–Crippen LogP) is 1.52. The van der Waals surface area contributed by atoms with Gasteiger partial charge in [-0.25, -0.2) is 0 Å². The summed E-state index contributed by atoms with van der Waals surface area (Å²) in [5, 5.41) is 2.97. The van der Waals surface area contributed by atoms with Gasteiger partial charge in [0.25, 0.3) is 0 Å². The minimum atomic E-state index is -0.537. The quantitative estimate of drug-likeness (QED) is 0.709. The molecule has 0 saturated carbocycles. The second kappa shape index (κ2) is 6.31. The fraction of sp³-hybridized carbons (Fsp3) is 0.833. The fourth-order valence-corrected chi connectivity index (χ4v) is 2.51. The molecule has 1 saturated heterocycles. The zero-order valence-corrected chi connectivity index (χ0v) is 11.4. The molecule has 0 bridgehead atoms. The molecule has 17 heavy (non-hydrogen) atoms. The third kappa shape index (κ3) is 3.64. The molecular weight excluding hydrogens is 236 g/mol. The first-order valence-corrected chi connectivity index (χ1v) is 6.67. The molecule has 1 heterocycles. The molecule has 1 aliphatic rings. The van der Waals surface area contributed by atoms with Gasteiger partial charge < -0.3 is 15.8 Å². The van der Waals surface area contributed by atoms with Crippen molar-refractivity contribution in [3.63, 3.8) is 0 Å². The first-order valence-electron chi connectivity index (χ1n) is 6.26. The van der Waals surface area contributed by atoms with Crippen LogP contribution in [0.5, 0.6) is 0 Å². The monoisotopic (exact) mass is 258 g/mol. The number of carbonyl (C=O) groups is 1. The van der Waals surface area contributed by atoms with E-state index in [1.807, 2.05) is 13.8 Å². The molecule has 0 spiro atoms. The smallest absolute Gasteiger partial charge is 0.223 e. The molecule has 1 fully saturated rings. The zero-order valence-electron chi connectivity index (χ0n) is 10.6. The van der Waals surface area contributed by atoms with Gasteiger partial charge in [0.2, 0.25) is 5.91 Å². The van der Waals surface area contributed by atoms with E-state index >= 15 is 0 Å². The van der Waals surface area contributed by atoms with Gasteiger partial charge in [-0.3, -0.25) is 4.79 Å². The van der Waals surface area contributed by atoms with E-state index in [0.29, 0.717) is 11.4 Å². The molecular formula is C12H22N2O2S. The lowest BCUT2D eigenvalue weighted by Gasteiger charge is -2.32. The van der Waals surface area contributed by atoms with Gasteiger partial charge in [-0.05, 0) is 25.7 Å². The van der Waals surface area contributed by atoms with Crippen LogP contribution < -0.4 is 11.1 Å². The topological polar surface area (TPSA) is 64.3 Å². The predicted molar refractivity (Wildman–Crippen MR) is 71.8 cm³/mol. The molecule has 0 aromatic rings. The summed E-state index contributed by atoms with van der Waals surface area (Å²) in [7, 11) is 0.